The summed E-state index contributed by atoms with van der Waals surface area (Å²) < 4.78 is 18.0. The number of nitrogens with one attached hydrogen (secondary N) is 1. The van der Waals surface area contributed by atoms with Crippen molar-refractivity contribution in [3.05, 3.63) is 35.1 Å². The van der Waals surface area contributed by atoms with Crippen LogP contribution in [-0.4, -0.2) is 31.5 Å². The van der Waals surface area contributed by atoms with Crippen LogP contribution < -0.4 is 5.32 Å². The molecular formula is C13H18FNO2. The molecule has 94 valence electrons. The van der Waals surface area contributed by atoms with E-state index < -0.39 is 6.10 Å². The number of hydrogen-bond donors (Lipinski definition) is 2. The highest BCUT2D eigenvalue weighted by atomic mass is 19.1. The average Bonchev–Trinajstić information content (AvgIpc) is 2.69. The van der Waals surface area contributed by atoms with Gasteiger partial charge in [-0.25, -0.2) is 4.39 Å². The minimum atomic E-state index is -0.516. The zero-order valence-corrected chi connectivity index (χ0v) is 9.95. The van der Waals surface area contributed by atoms with Crippen LogP contribution in [0.5, 0.6) is 0 Å². The molecule has 2 atom stereocenters. The number of aryl methyl sites for hydroxylation is 1. The first-order valence-electron chi connectivity index (χ1n) is 5.89. The number of benzene rings is 1. The number of hydrogen-bond acceptors (Lipinski definition) is 3. The van der Waals surface area contributed by atoms with E-state index in [1.807, 2.05) is 6.07 Å². The number of aliphatic hydroxyl groups excluding tert-OH is 1. The Labute approximate surface area is 101 Å². The summed E-state index contributed by atoms with van der Waals surface area (Å²) in [5.74, 6) is -0.199. The lowest BCUT2D eigenvalue weighted by Crippen LogP contribution is -2.32. The average molecular weight is 239 g/mol. The van der Waals surface area contributed by atoms with Crippen molar-refractivity contribution in [3.63, 3.8) is 0 Å². The molecule has 2 unspecified atom stereocenters. The quantitative estimate of drug-likeness (QED) is 0.816. The summed E-state index contributed by atoms with van der Waals surface area (Å²) >= 11 is 0. The SMILES string of the molecule is COCC(O)CNC1CCc2ccc(F)cc21. The molecule has 2 rings (SSSR count). The summed E-state index contributed by atoms with van der Waals surface area (Å²) in [7, 11) is 1.56. The lowest BCUT2D eigenvalue weighted by molar-refractivity contribution is 0.0627. The third-order valence-corrected chi connectivity index (χ3v) is 3.14. The first-order chi connectivity index (χ1) is 8.20. The normalized spacial score (nSPS) is 20.3. The van der Waals surface area contributed by atoms with Crippen LogP contribution in [0.4, 0.5) is 4.39 Å². The van der Waals surface area contributed by atoms with Gasteiger partial charge in [0.05, 0.1) is 12.7 Å². The second-order valence-corrected chi connectivity index (χ2v) is 4.45. The van der Waals surface area contributed by atoms with Crippen molar-refractivity contribution in [3.8, 4) is 0 Å². The number of aliphatic hydroxyl groups is 1. The predicted molar refractivity (Wildman–Crippen MR) is 63.3 cm³/mol. The lowest BCUT2D eigenvalue weighted by atomic mass is 10.1. The molecule has 0 fully saturated rings. The molecule has 0 saturated heterocycles. The Balaban J connectivity index is 1.95. The Bertz CT molecular complexity index is 384. The lowest BCUT2D eigenvalue weighted by Gasteiger charge is -2.17. The summed E-state index contributed by atoms with van der Waals surface area (Å²) in [6.07, 6.45) is 1.41. The van der Waals surface area contributed by atoms with Gasteiger partial charge < -0.3 is 15.2 Å². The Kier molecular flexibility index (Phi) is 4.10. The fourth-order valence-electron chi connectivity index (χ4n) is 2.31. The zero-order chi connectivity index (χ0) is 12.3. The van der Waals surface area contributed by atoms with E-state index in [9.17, 15) is 9.50 Å². The molecule has 2 N–H and O–H groups in total. The molecule has 0 aromatic heterocycles. The van der Waals surface area contributed by atoms with E-state index in [0.29, 0.717) is 13.2 Å². The second-order valence-electron chi connectivity index (χ2n) is 4.45. The molecule has 4 heteroatoms. The van der Waals surface area contributed by atoms with Crippen LogP contribution in [0.3, 0.4) is 0 Å². The molecule has 0 heterocycles. The maximum Gasteiger partial charge on any atom is 0.123 e. The van der Waals surface area contributed by atoms with Crippen molar-refractivity contribution < 1.29 is 14.2 Å². The van der Waals surface area contributed by atoms with Gasteiger partial charge in [0.25, 0.3) is 0 Å². The molecule has 1 aromatic rings. The topological polar surface area (TPSA) is 41.5 Å². The van der Waals surface area contributed by atoms with Gasteiger partial charge in [0.2, 0.25) is 0 Å². The standard InChI is InChI=1S/C13H18FNO2/c1-17-8-11(16)7-15-13-5-3-9-2-4-10(14)6-12(9)13/h2,4,6,11,13,15-16H,3,5,7-8H2,1H3. The van der Waals surface area contributed by atoms with Crippen molar-refractivity contribution in [1.29, 1.82) is 0 Å². The van der Waals surface area contributed by atoms with Crippen LogP contribution in [0, 0.1) is 5.82 Å². The van der Waals surface area contributed by atoms with Gasteiger partial charge >= 0.3 is 0 Å². The molecule has 0 saturated carbocycles. The van der Waals surface area contributed by atoms with Crippen molar-refractivity contribution in [2.45, 2.75) is 25.0 Å². The molecule has 1 aromatic carbocycles. The van der Waals surface area contributed by atoms with Crippen LogP contribution in [0.1, 0.15) is 23.6 Å². The Morgan fingerprint density at radius 2 is 2.41 bits per heavy atom. The Hall–Kier alpha value is -0.970. The highest BCUT2D eigenvalue weighted by molar-refractivity contribution is 5.34. The summed E-state index contributed by atoms with van der Waals surface area (Å²) in [5.41, 5.74) is 2.22. The molecule has 1 aliphatic rings. The summed E-state index contributed by atoms with van der Waals surface area (Å²) in [4.78, 5) is 0. The third kappa shape index (κ3) is 3.03. The van der Waals surface area contributed by atoms with Crippen molar-refractivity contribution in [2.75, 3.05) is 20.3 Å². The fourth-order valence-corrected chi connectivity index (χ4v) is 2.31. The van der Waals surface area contributed by atoms with Gasteiger partial charge in [-0.05, 0) is 36.1 Å². The van der Waals surface area contributed by atoms with Gasteiger partial charge in [0.1, 0.15) is 5.82 Å². The van der Waals surface area contributed by atoms with Crippen molar-refractivity contribution in [2.24, 2.45) is 0 Å². The first-order valence-corrected chi connectivity index (χ1v) is 5.89. The number of methoxy groups -OCH3 is 1. The van der Waals surface area contributed by atoms with Gasteiger partial charge in [-0.15, -0.1) is 0 Å². The summed E-state index contributed by atoms with van der Waals surface area (Å²) in [6, 6.07) is 5.08. The molecular weight excluding hydrogens is 221 g/mol. The van der Waals surface area contributed by atoms with E-state index in [1.165, 1.54) is 11.6 Å². The van der Waals surface area contributed by atoms with Crippen molar-refractivity contribution >= 4 is 0 Å². The molecule has 3 nitrogen and oxygen atoms in total. The summed E-state index contributed by atoms with van der Waals surface area (Å²) in [6.45, 7) is 0.782. The monoisotopic (exact) mass is 239 g/mol. The third-order valence-electron chi connectivity index (χ3n) is 3.14. The van der Waals surface area contributed by atoms with E-state index in [4.69, 9.17) is 4.74 Å². The molecule has 17 heavy (non-hydrogen) atoms. The Morgan fingerprint density at radius 1 is 1.59 bits per heavy atom. The smallest absolute Gasteiger partial charge is 0.123 e. The zero-order valence-electron chi connectivity index (χ0n) is 9.95. The van der Waals surface area contributed by atoms with E-state index in [2.05, 4.69) is 5.32 Å². The van der Waals surface area contributed by atoms with Gasteiger partial charge in [0, 0.05) is 19.7 Å². The molecule has 0 bridgehead atoms. The van der Waals surface area contributed by atoms with Crippen LogP contribution in [0.25, 0.3) is 0 Å². The van der Waals surface area contributed by atoms with Crippen LogP contribution in [0.2, 0.25) is 0 Å². The van der Waals surface area contributed by atoms with Crippen LogP contribution in [-0.2, 0) is 11.2 Å². The number of ether oxygens (including phenoxy) is 1. The highest BCUT2D eigenvalue weighted by Crippen LogP contribution is 2.31. The van der Waals surface area contributed by atoms with E-state index in [-0.39, 0.29) is 11.9 Å². The molecule has 1 aliphatic carbocycles. The molecule has 0 amide bonds. The molecule has 0 radical (unpaired) electrons. The van der Waals surface area contributed by atoms with Gasteiger partial charge in [0.15, 0.2) is 0 Å². The van der Waals surface area contributed by atoms with E-state index >= 15 is 0 Å². The minimum absolute atomic E-state index is 0.146. The number of halogens is 1. The minimum Gasteiger partial charge on any atom is -0.389 e. The maximum absolute atomic E-state index is 13.2. The Morgan fingerprint density at radius 3 is 3.18 bits per heavy atom. The molecule has 0 aliphatic heterocycles. The largest absolute Gasteiger partial charge is 0.389 e. The second kappa shape index (κ2) is 5.58. The molecule has 0 spiro atoms. The maximum atomic E-state index is 13.2. The summed E-state index contributed by atoms with van der Waals surface area (Å²) in [5, 5.41) is 12.8. The van der Waals surface area contributed by atoms with Gasteiger partial charge in [-0.2, -0.15) is 0 Å². The predicted octanol–water partition coefficient (Wildman–Crippen LogP) is 1.41. The van der Waals surface area contributed by atoms with Crippen LogP contribution >= 0.6 is 0 Å². The van der Waals surface area contributed by atoms with Gasteiger partial charge in [-0.1, -0.05) is 6.07 Å². The van der Waals surface area contributed by atoms with Crippen LogP contribution in [0.15, 0.2) is 18.2 Å². The highest BCUT2D eigenvalue weighted by Gasteiger charge is 2.22. The number of rotatable bonds is 5. The van der Waals surface area contributed by atoms with E-state index in [0.717, 1.165) is 18.4 Å². The van der Waals surface area contributed by atoms with E-state index in [1.54, 1.807) is 13.2 Å². The van der Waals surface area contributed by atoms with Crippen molar-refractivity contribution in [1.82, 2.24) is 5.32 Å². The fraction of sp³-hybridized carbons (Fsp3) is 0.538. The first kappa shape index (κ1) is 12.5. The number of fused-ring (bicyclic) bond motifs is 1. The van der Waals surface area contributed by atoms with Gasteiger partial charge in [-0.3, -0.25) is 0 Å².